The van der Waals surface area contributed by atoms with Crippen molar-refractivity contribution < 1.29 is 17.9 Å². The predicted molar refractivity (Wildman–Crippen MR) is 97.4 cm³/mol. The molecular formula is C18H19F3INO. The predicted octanol–water partition coefficient (Wildman–Crippen LogP) is 5.06. The maximum atomic E-state index is 13.4. The van der Waals surface area contributed by atoms with E-state index in [0.717, 1.165) is 11.1 Å². The van der Waals surface area contributed by atoms with E-state index in [2.05, 4.69) is 0 Å². The largest absolute Gasteiger partial charge is 0.497 e. The number of hydrogen-bond acceptors (Lipinski definition) is 2. The zero-order valence-corrected chi connectivity index (χ0v) is 15.4. The number of ether oxygens (including phenoxy) is 1. The van der Waals surface area contributed by atoms with Crippen molar-refractivity contribution in [1.82, 2.24) is 4.90 Å². The highest BCUT2D eigenvalue weighted by Crippen LogP contribution is 2.29. The molecule has 2 rings (SSSR count). The third-order valence-corrected chi connectivity index (χ3v) is 4.57. The van der Waals surface area contributed by atoms with Crippen molar-refractivity contribution in [3.63, 3.8) is 0 Å². The number of benzene rings is 2. The first-order valence-corrected chi connectivity index (χ1v) is 9.00. The van der Waals surface area contributed by atoms with Gasteiger partial charge >= 0.3 is 6.18 Å². The van der Waals surface area contributed by atoms with Gasteiger partial charge in [-0.1, -0.05) is 65.1 Å². The number of rotatable bonds is 7. The van der Waals surface area contributed by atoms with E-state index in [1.807, 2.05) is 30.3 Å². The Morgan fingerprint density at radius 3 is 1.96 bits per heavy atom. The minimum atomic E-state index is -4.26. The number of alkyl halides is 4. The van der Waals surface area contributed by atoms with E-state index in [1.165, 1.54) is 4.90 Å². The van der Waals surface area contributed by atoms with Crippen LogP contribution in [-0.2, 0) is 13.1 Å². The molecule has 2 aromatic carbocycles. The second kappa shape index (κ2) is 8.71. The molecule has 0 aliphatic heterocycles. The van der Waals surface area contributed by atoms with Gasteiger partial charge in [-0.25, -0.2) is 0 Å². The van der Waals surface area contributed by atoms with Gasteiger partial charge in [-0.15, -0.1) is 0 Å². The van der Waals surface area contributed by atoms with Crippen molar-refractivity contribution in [3.8, 4) is 5.75 Å². The van der Waals surface area contributed by atoms with E-state index < -0.39 is 12.2 Å². The van der Waals surface area contributed by atoms with Gasteiger partial charge in [0.2, 0.25) is 0 Å². The number of halogens is 4. The van der Waals surface area contributed by atoms with Crippen LogP contribution in [-0.4, -0.2) is 28.7 Å². The van der Waals surface area contributed by atoms with Crippen LogP contribution in [0.5, 0.6) is 5.75 Å². The topological polar surface area (TPSA) is 12.5 Å². The Morgan fingerprint density at radius 2 is 1.50 bits per heavy atom. The van der Waals surface area contributed by atoms with Crippen molar-refractivity contribution >= 4 is 22.6 Å². The van der Waals surface area contributed by atoms with Gasteiger partial charge in [-0.2, -0.15) is 13.2 Å². The van der Waals surface area contributed by atoms with Crippen LogP contribution >= 0.6 is 22.6 Å². The van der Waals surface area contributed by atoms with Crippen LogP contribution in [0.1, 0.15) is 11.1 Å². The highest BCUT2D eigenvalue weighted by molar-refractivity contribution is 14.1. The van der Waals surface area contributed by atoms with Crippen molar-refractivity contribution in [2.45, 2.75) is 25.3 Å². The Bertz CT molecular complexity index is 616. The van der Waals surface area contributed by atoms with E-state index in [1.54, 1.807) is 54.0 Å². The Labute approximate surface area is 153 Å². The van der Waals surface area contributed by atoms with E-state index >= 15 is 0 Å². The molecule has 0 saturated carbocycles. The van der Waals surface area contributed by atoms with Gasteiger partial charge in [0.25, 0.3) is 0 Å². The van der Waals surface area contributed by atoms with Gasteiger partial charge in [0.05, 0.1) is 7.11 Å². The van der Waals surface area contributed by atoms with Crippen molar-refractivity contribution in [2.75, 3.05) is 11.5 Å². The molecule has 6 heteroatoms. The quantitative estimate of drug-likeness (QED) is 0.433. The molecule has 130 valence electrons. The highest BCUT2D eigenvalue weighted by Gasteiger charge is 2.42. The van der Waals surface area contributed by atoms with E-state index in [-0.39, 0.29) is 17.5 Å². The first-order valence-electron chi connectivity index (χ1n) is 7.47. The summed E-state index contributed by atoms with van der Waals surface area (Å²) in [5.74, 6) is 0.689. The van der Waals surface area contributed by atoms with Crippen molar-refractivity contribution in [3.05, 3.63) is 65.7 Å². The number of nitrogens with zero attached hydrogens (tertiary/aromatic N) is 1. The molecule has 0 spiro atoms. The first-order chi connectivity index (χ1) is 11.4. The summed E-state index contributed by atoms with van der Waals surface area (Å²) in [4.78, 5) is 1.48. The summed E-state index contributed by atoms with van der Waals surface area (Å²) in [5, 5.41) is 0. The Morgan fingerprint density at radius 1 is 0.958 bits per heavy atom. The molecule has 0 N–H and O–H groups in total. The lowest BCUT2D eigenvalue weighted by molar-refractivity contribution is -0.179. The van der Waals surface area contributed by atoms with Crippen LogP contribution in [0.2, 0.25) is 0 Å². The van der Waals surface area contributed by atoms with Crippen molar-refractivity contribution in [1.29, 1.82) is 0 Å². The molecule has 2 aromatic rings. The molecule has 0 heterocycles. The molecule has 0 aliphatic carbocycles. The Hall–Kier alpha value is -1.28. The van der Waals surface area contributed by atoms with Crippen LogP contribution < -0.4 is 4.74 Å². The molecule has 0 fully saturated rings. The van der Waals surface area contributed by atoms with Crippen LogP contribution in [0.4, 0.5) is 13.2 Å². The summed E-state index contributed by atoms with van der Waals surface area (Å²) < 4.78 is 45.4. The molecule has 1 unspecified atom stereocenters. The summed E-state index contributed by atoms with van der Waals surface area (Å²) in [6.07, 6.45) is -4.26. The maximum Gasteiger partial charge on any atom is 0.404 e. The normalized spacial score (nSPS) is 13.1. The second-order valence-electron chi connectivity index (χ2n) is 5.45. The van der Waals surface area contributed by atoms with Gasteiger partial charge in [0.1, 0.15) is 11.8 Å². The second-order valence-corrected chi connectivity index (χ2v) is 6.33. The van der Waals surface area contributed by atoms with E-state index in [9.17, 15) is 13.2 Å². The Balaban J connectivity index is 2.23. The van der Waals surface area contributed by atoms with Gasteiger partial charge in [0, 0.05) is 17.5 Å². The van der Waals surface area contributed by atoms with E-state index in [4.69, 9.17) is 4.74 Å². The molecule has 0 aromatic heterocycles. The zero-order valence-electron chi connectivity index (χ0n) is 13.3. The molecule has 0 amide bonds. The SMILES string of the molecule is COc1ccc(CN(Cc2ccccc2)C(CI)C(F)(F)F)cc1. The fourth-order valence-corrected chi connectivity index (χ4v) is 3.51. The first kappa shape index (κ1) is 19.1. The monoisotopic (exact) mass is 449 g/mol. The fourth-order valence-electron chi connectivity index (χ4n) is 2.45. The number of methoxy groups -OCH3 is 1. The fraction of sp³-hybridized carbons (Fsp3) is 0.333. The van der Waals surface area contributed by atoms with Gasteiger partial charge in [-0.05, 0) is 23.3 Å². The molecule has 24 heavy (non-hydrogen) atoms. The van der Waals surface area contributed by atoms with Crippen LogP contribution in [0, 0.1) is 0 Å². The zero-order chi connectivity index (χ0) is 17.6. The summed E-state index contributed by atoms with van der Waals surface area (Å²) in [5.41, 5.74) is 1.69. The van der Waals surface area contributed by atoms with Crippen LogP contribution in [0.25, 0.3) is 0 Å². The average molecular weight is 449 g/mol. The van der Waals surface area contributed by atoms with Gasteiger partial charge < -0.3 is 4.74 Å². The molecule has 0 radical (unpaired) electrons. The van der Waals surface area contributed by atoms with Crippen LogP contribution in [0.3, 0.4) is 0 Å². The lowest BCUT2D eigenvalue weighted by Crippen LogP contribution is -2.46. The van der Waals surface area contributed by atoms with Gasteiger partial charge in [0.15, 0.2) is 0 Å². The lowest BCUT2D eigenvalue weighted by Gasteiger charge is -2.32. The molecule has 1 atom stereocenters. The molecular weight excluding hydrogens is 430 g/mol. The van der Waals surface area contributed by atoms with Crippen LogP contribution in [0.15, 0.2) is 54.6 Å². The molecule has 2 nitrogen and oxygen atoms in total. The minimum absolute atomic E-state index is 0.00967. The summed E-state index contributed by atoms with van der Waals surface area (Å²) >= 11 is 1.81. The smallest absolute Gasteiger partial charge is 0.404 e. The number of hydrogen-bond donors (Lipinski definition) is 0. The minimum Gasteiger partial charge on any atom is -0.497 e. The summed E-state index contributed by atoms with van der Waals surface area (Å²) in [7, 11) is 1.56. The van der Waals surface area contributed by atoms with Gasteiger partial charge in [-0.3, -0.25) is 4.90 Å². The standard InChI is InChI=1S/C18H19F3INO/c1-24-16-9-7-15(8-10-16)13-23(17(11-22)18(19,20)21)12-14-5-3-2-4-6-14/h2-10,17H,11-13H2,1H3. The lowest BCUT2D eigenvalue weighted by atomic mass is 10.1. The molecule has 0 aliphatic rings. The average Bonchev–Trinajstić information content (AvgIpc) is 2.56. The highest BCUT2D eigenvalue weighted by atomic mass is 127. The summed E-state index contributed by atoms with van der Waals surface area (Å²) in [6.45, 7) is 0.478. The Kier molecular flexibility index (Phi) is 6.91. The molecule has 0 saturated heterocycles. The third-order valence-electron chi connectivity index (χ3n) is 3.74. The van der Waals surface area contributed by atoms with E-state index in [0.29, 0.717) is 5.75 Å². The molecule has 0 bridgehead atoms. The summed E-state index contributed by atoms with van der Waals surface area (Å²) in [6, 6.07) is 14.9. The van der Waals surface area contributed by atoms with Crippen molar-refractivity contribution in [2.24, 2.45) is 0 Å². The maximum absolute atomic E-state index is 13.4. The third kappa shape index (κ3) is 5.37.